The van der Waals surface area contributed by atoms with Crippen LogP contribution in [0.3, 0.4) is 0 Å². The molecule has 4 aromatic carbocycles. The van der Waals surface area contributed by atoms with Crippen LogP contribution in [0.25, 0.3) is 21.5 Å². The quantitative estimate of drug-likeness (QED) is 0.271. The summed E-state index contributed by atoms with van der Waals surface area (Å²) < 4.78 is 23.8. The van der Waals surface area contributed by atoms with Crippen molar-refractivity contribution in [2.24, 2.45) is 0 Å². The topological polar surface area (TPSA) is 57.2 Å². The number of allylic oxidation sites excluding steroid dienone is 3. The lowest BCUT2D eigenvalue weighted by atomic mass is 9.78. The Morgan fingerprint density at radius 2 is 1.74 bits per heavy atom. The second-order valence-electron chi connectivity index (χ2n) is 10.5. The highest BCUT2D eigenvalue weighted by Crippen LogP contribution is 2.52. The molecule has 198 valence electrons. The molecule has 6 rings (SSSR count). The summed E-state index contributed by atoms with van der Waals surface area (Å²) >= 11 is 0. The lowest BCUT2D eigenvalue weighted by Gasteiger charge is -2.34. The first-order chi connectivity index (χ1) is 18.8. The van der Waals surface area contributed by atoms with Crippen LogP contribution in [0.2, 0.25) is 0 Å². The number of ether oxygens (including phenoxy) is 4. The van der Waals surface area contributed by atoms with E-state index >= 15 is 0 Å². The van der Waals surface area contributed by atoms with Crippen molar-refractivity contribution in [1.29, 1.82) is 0 Å². The first-order valence-corrected chi connectivity index (χ1v) is 13.1. The molecule has 1 unspecified atom stereocenters. The maximum Gasteiger partial charge on any atom is 0.245 e. The van der Waals surface area contributed by atoms with Crippen LogP contribution in [0.4, 0.5) is 0 Å². The molecule has 1 heterocycles. The van der Waals surface area contributed by atoms with Crippen molar-refractivity contribution in [3.63, 3.8) is 0 Å². The lowest BCUT2D eigenvalue weighted by molar-refractivity contribution is -0.0861. The molecule has 1 N–H and O–H groups in total. The van der Waals surface area contributed by atoms with Gasteiger partial charge in [-0.1, -0.05) is 55.6 Å². The van der Waals surface area contributed by atoms with Gasteiger partial charge in [-0.3, -0.25) is 0 Å². The predicted octanol–water partition coefficient (Wildman–Crippen LogP) is 7.94. The highest BCUT2D eigenvalue weighted by Gasteiger charge is 2.35. The minimum Gasteiger partial charge on any atom is -0.507 e. The van der Waals surface area contributed by atoms with Crippen molar-refractivity contribution in [2.75, 3.05) is 14.2 Å². The van der Waals surface area contributed by atoms with Gasteiger partial charge in [-0.05, 0) is 64.1 Å². The molecule has 0 fully saturated rings. The summed E-state index contributed by atoms with van der Waals surface area (Å²) in [5.41, 5.74) is 4.83. The van der Waals surface area contributed by atoms with Gasteiger partial charge in [0.1, 0.15) is 28.8 Å². The standard InChI is InChI=1S/C34H32O5/c1-7-22-23(19(2)36-5)15-14-21-18-20-10-8-12-26(37-6)29(20)33(35)30(21)31(22)25-16-17-28-32-24(25)11-9-13-27(32)38-34(3,4)39-28/h7-13,16-18,31,35H,1-2,14-15H2,3-6H3. The summed E-state index contributed by atoms with van der Waals surface area (Å²) in [5, 5.41) is 15.5. The number of hydrogen-bond acceptors (Lipinski definition) is 5. The Kier molecular flexibility index (Phi) is 5.83. The summed E-state index contributed by atoms with van der Waals surface area (Å²) in [4.78, 5) is 0. The van der Waals surface area contributed by atoms with Gasteiger partial charge in [-0.15, -0.1) is 0 Å². The van der Waals surface area contributed by atoms with E-state index in [0.29, 0.717) is 29.7 Å². The third-order valence-electron chi connectivity index (χ3n) is 7.86. The molecular weight excluding hydrogens is 488 g/mol. The van der Waals surface area contributed by atoms with Crippen molar-refractivity contribution in [3.05, 3.63) is 107 Å². The predicted molar refractivity (Wildman–Crippen MR) is 155 cm³/mol. The molecule has 0 radical (unpaired) electrons. The zero-order valence-corrected chi connectivity index (χ0v) is 22.8. The molecule has 0 saturated heterocycles. The number of aromatic hydroxyl groups is 1. The van der Waals surface area contributed by atoms with Gasteiger partial charge in [0, 0.05) is 25.3 Å². The van der Waals surface area contributed by atoms with Crippen LogP contribution < -0.4 is 14.2 Å². The maximum absolute atomic E-state index is 12.0. The zero-order chi connectivity index (χ0) is 27.5. The minimum atomic E-state index is -0.777. The third-order valence-corrected chi connectivity index (χ3v) is 7.86. The van der Waals surface area contributed by atoms with E-state index in [4.69, 9.17) is 18.9 Å². The van der Waals surface area contributed by atoms with Crippen LogP contribution in [-0.2, 0) is 11.2 Å². The minimum absolute atomic E-state index is 0.211. The Morgan fingerprint density at radius 3 is 2.46 bits per heavy atom. The second kappa shape index (κ2) is 9.12. The van der Waals surface area contributed by atoms with E-state index in [9.17, 15) is 5.11 Å². The summed E-state index contributed by atoms with van der Waals surface area (Å²) in [6.07, 6.45) is 3.29. The number of aryl methyl sites for hydroxylation is 1. The second-order valence-corrected chi connectivity index (χ2v) is 10.5. The smallest absolute Gasteiger partial charge is 0.245 e. The third kappa shape index (κ3) is 3.84. The fourth-order valence-corrected chi connectivity index (χ4v) is 6.23. The summed E-state index contributed by atoms with van der Waals surface area (Å²) in [7, 11) is 3.26. The molecule has 4 aromatic rings. The highest BCUT2D eigenvalue weighted by atomic mass is 16.7. The molecule has 0 bridgehead atoms. The molecule has 5 nitrogen and oxygen atoms in total. The SMILES string of the molecule is C=CC1=C(C(=C)OC)CCc2cc3cccc(OC)c3c(O)c2C1c1ccc2c3c(cccc13)OC(C)(C)O2. The van der Waals surface area contributed by atoms with Crippen LogP contribution in [0.15, 0.2) is 90.7 Å². The van der Waals surface area contributed by atoms with Gasteiger partial charge in [0.15, 0.2) is 0 Å². The van der Waals surface area contributed by atoms with Crippen LogP contribution >= 0.6 is 0 Å². The molecule has 39 heavy (non-hydrogen) atoms. The zero-order valence-electron chi connectivity index (χ0n) is 22.8. The summed E-state index contributed by atoms with van der Waals surface area (Å²) in [6, 6.07) is 18.1. The van der Waals surface area contributed by atoms with Crippen LogP contribution in [0, 0.1) is 0 Å². The van der Waals surface area contributed by atoms with Gasteiger partial charge >= 0.3 is 0 Å². The first kappa shape index (κ1) is 24.9. The number of fused-ring (bicyclic) bond motifs is 2. The largest absolute Gasteiger partial charge is 0.507 e. The number of methoxy groups -OCH3 is 2. The number of benzene rings is 4. The average Bonchev–Trinajstić information content (AvgIpc) is 3.09. The van der Waals surface area contributed by atoms with Crippen molar-refractivity contribution in [1.82, 2.24) is 0 Å². The van der Waals surface area contributed by atoms with E-state index in [1.807, 2.05) is 56.3 Å². The van der Waals surface area contributed by atoms with E-state index in [2.05, 4.69) is 31.4 Å². The Morgan fingerprint density at radius 1 is 1.00 bits per heavy atom. The van der Waals surface area contributed by atoms with E-state index in [1.54, 1.807) is 14.2 Å². The van der Waals surface area contributed by atoms with E-state index in [1.165, 1.54) is 0 Å². The van der Waals surface area contributed by atoms with Crippen LogP contribution in [0.1, 0.15) is 42.9 Å². The van der Waals surface area contributed by atoms with Crippen molar-refractivity contribution in [2.45, 2.75) is 38.4 Å². The molecule has 0 spiro atoms. The Bertz CT molecular complexity index is 1690. The molecule has 0 amide bonds. The Labute approximate surface area is 228 Å². The van der Waals surface area contributed by atoms with Gasteiger partial charge < -0.3 is 24.1 Å². The highest BCUT2D eigenvalue weighted by molar-refractivity contribution is 5.99. The number of phenolic OH excluding ortho intramolecular Hbond substituents is 1. The first-order valence-electron chi connectivity index (χ1n) is 13.1. The van der Waals surface area contributed by atoms with E-state index in [0.717, 1.165) is 55.5 Å². The monoisotopic (exact) mass is 520 g/mol. The van der Waals surface area contributed by atoms with Gasteiger partial charge in [-0.2, -0.15) is 0 Å². The van der Waals surface area contributed by atoms with Crippen molar-refractivity contribution in [3.8, 4) is 23.0 Å². The Hall–Kier alpha value is -4.38. The van der Waals surface area contributed by atoms with Crippen molar-refractivity contribution >= 4 is 21.5 Å². The van der Waals surface area contributed by atoms with Gasteiger partial charge in [0.25, 0.3) is 0 Å². The fourth-order valence-electron chi connectivity index (χ4n) is 6.23. The maximum atomic E-state index is 12.0. The molecule has 2 aliphatic rings. The van der Waals surface area contributed by atoms with Gasteiger partial charge in [-0.25, -0.2) is 0 Å². The molecule has 0 aromatic heterocycles. The molecule has 1 aliphatic carbocycles. The normalized spacial score (nSPS) is 17.6. The molecule has 0 saturated carbocycles. The molecule has 1 aliphatic heterocycles. The number of rotatable bonds is 5. The van der Waals surface area contributed by atoms with Gasteiger partial charge in [0.05, 0.1) is 25.0 Å². The fraction of sp³-hybridized carbons (Fsp3) is 0.235. The lowest BCUT2D eigenvalue weighted by Crippen LogP contribution is -2.37. The van der Waals surface area contributed by atoms with Gasteiger partial charge in [0.2, 0.25) is 5.79 Å². The van der Waals surface area contributed by atoms with Crippen LogP contribution in [-0.4, -0.2) is 25.1 Å². The van der Waals surface area contributed by atoms with Crippen LogP contribution in [0.5, 0.6) is 23.0 Å². The van der Waals surface area contributed by atoms with Crippen molar-refractivity contribution < 1.29 is 24.1 Å². The Balaban J connectivity index is 1.73. The van der Waals surface area contributed by atoms with E-state index < -0.39 is 5.79 Å². The number of hydrogen-bond donors (Lipinski definition) is 1. The molecular formula is C34H32O5. The summed E-state index contributed by atoms with van der Waals surface area (Å²) in [5.74, 6) is 1.84. The number of phenols is 1. The molecule has 1 atom stereocenters. The average molecular weight is 521 g/mol. The van der Waals surface area contributed by atoms with E-state index in [-0.39, 0.29) is 11.7 Å². The molecule has 5 heteroatoms. The summed E-state index contributed by atoms with van der Waals surface area (Å²) in [6.45, 7) is 12.2.